The zero-order chi connectivity index (χ0) is 32.0. The maximum Gasteiger partial charge on any atom is 0.0465 e. The Kier molecular flexibility index (Phi) is 6.71. The predicted molar refractivity (Wildman–Crippen MR) is 206 cm³/mol. The van der Waals surface area contributed by atoms with E-state index in [1.54, 1.807) is 5.56 Å². The molecule has 10 rings (SSSR count). The summed E-state index contributed by atoms with van der Waals surface area (Å²) in [6, 6.07) is 40.5. The normalized spacial score (nSPS) is 22.8. The van der Waals surface area contributed by atoms with Crippen molar-refractivity contribution in [3.8, 4) is 11.1 Å². The van der Waals surface area contributed by atoms with Crippen LogP contribution in [0.3, 0.4) is 0 Å². The molecule has 1 aromatic heterocycles. The predicted octanol–water partition coefficient (Wildman–Crippen LogP) is 13.8. The van der Waals surface area contributed by atoms with Gasteiger partial charge < -0.3 is 4.90 Å². The van der Waals surface area contributed by atoms with Gasteiger partial charge >= 0.3 is 0 Å². The van der Waals surface area contributed by atoms with E-state index in [2.05, 4.69) is 122 Å². The molecule has 5 aromatic carbocycles. The lowest BCUT2D eigenvalue weighted by atomic mass is 9.82. The molecule has 0 amide bonds. The van der Waals surface area contributed by atoms with E-state index in [1.807, 2.05) is 11.3 Å². The summed E-state index contributed by atoms with van der Waals surface area (Å²) in [6.45, 7) is 4.85. The molecule has 2 bridgehead atoms. The first-order chi connectivity index (χ1) is 23.5. The Morgan fingerprint density at radius 1 is 0.583 bits per heavy atom. The van der Waals surface area contributed by atoms with Gasteiger partial charge in [-0.15, -0.1) is 11.3 Å². The minimum Gasteiger partial charge on any atom is -0.310 e. The Morgan fingerprint density at radius 2 is 1.29 bits per heavy atom. The molecule has 3 unspecified atom stereocenters. The Balaban J connectivity index is 1.06. The molecule has 240 valence electrons. The number of hydrogen-bond acceptors (Lipinski definition) is 2. The summed E-state index contributed by atoms with van der Waals surface area (Å²) in [6.07, 6.45) is 12.5. The van der Waals surface area contributed by atoms with Gasteiger partial charge in [-0.1, -0.05) is 88.1 Å². The summed E-state index contributed by atoms with van der Waals surface area (Å²) in [5.41, 5.74) is 12.4. The molecule has 2 heteroatoms. The summed E-state index contributed by atoms with van der Waals surface area (Å²) in [7, 11) is 0. The Bertz CT molecular complexity index is 2160. The highest BCUT2D eigenvalue weighted by Gasteiger charge is 2.40. The Morgan fingerprint density at radius 3 is 2.02 bits per heavy atom. The molecule has 1 heterocycles. The van der Waals surface area contributed by atoms with Crippen molar-refractivity contribution in [3.05, 3.63) is 125 Å². The fraction of sp³-hybridized carbons (Fsp3) is 0.348. The van der Waals surface area contributed by atoms with Gasteiger partial charge in [-0.2, -0.15) is 0 Å². The summed E-state index contributed by atoms with van der Waals surface area (Å²) in [4.78, 5) is 2.51. The first kappa shape index (κ1) is 29.1. The van der Waals surface area contributed by atoms with Crippen molar-refractivity contribution in [1.29, 1.82) is 0 Å². The third kappa shape index (κ3) is 4.55. The molecule has 3 fully saturated rings. The first-order valence-electron chi connectivity index (χ1n) is 18.6. The smallest absolute Gasteiger partial charge is 0.0465 e. The van der Waals surface area contributed by atoms with Gasteiger partial charge in [-0.05, 0) is 144 Å². The van der Waals surface area contributed by atoms with Gasteiger partial charge in [-0.3, -0.25) is 0 Å². The highest BCUT2D eigenvalue weighted by Crippen LogP contribution is 2.55. The van der Waals surface area contributed by atoms with Gasteiger partial charge in [0.25, 0.3) is 0 Å². The van der Waals surface area contributed by atoms with Crippen LogP contribution in [0.4, 0.5) is 17.1 Å². The van der Waals surface area contributed by atoms with Crippen LogP contribution in [0.1, 0.15) is 106 Å². The average Bonchev–Trinajstić information content (AvgIpc) is 3.90. The summed E-state index contributed by atoms with van der Waals surface area (Å²) < 4.78 is 2.76. The fourth-order valence-corrected chi connectivity index (χ4v) is 11.5. The van der Waals surface area contributed by atoms with Crippen molar-refractivity contribution in [2.24, 2.45) is 11.8 Å². The number of nitrogens with zero attached hydrogens (tertiary/aromatic N) is 1. The third-order valence-corrected chi connectivity index (χ3v) is 14.1. The molecular weight excluding hydrogens is 599 g/mol. The van der Waals surface area contributed by atoms with Crippen molar-refractivity contribution in [2.75, 3.05) is 4.90 Å². The summed E-state index contributed by atoms with van der Waals surface area (Å²) >= 11 is 1.92. The lowest BCUT2D eigenvalue weighted by Crippen LogP contribution is -2.16. The van der Waals surface area contributed by atoms with E-state index >= 15 is 0 Å². The molecule has 0 radical (unpaired) electrons. The molecule has 4 aliphatic rings. The number of benzene rings is 5. The van der Waals surface area contributed by atoms with Gasteiger partial charge in [0, 0.05) is 42.6 Å². The van der Waals surface area contributed by atoms with Crippen LogP contribution < -0.4 is 4.90 Å². The van der Waals surface area contributed by atoms with Gasteiger partial charge in [0.1, 0.15) is 0 Å². The number of thiophene rings is 1. The molecule has 3 atom stereocenters. The van der Waals surface area contributed by atoms with Crippen molar-refractivity contribution < 1.29 is 0 Å². The molecule has 0 N–H and O–H groups in total. The van der Waals surface area contributed by atoms with Gasteiger partial charge in [0.2, 0.25) is 0 Å². The van der Waals surface area contributed by atoms with E-state index < -0.39 is 0 Å². The lowest BCUT2D eigenvalue weighted by molar-refractivity contribution is 0.420. The van der Waals surface area contributed by atoms with Crippen LogP contribution in [0.2, 0.25) is 0 Å². The van der Waals surface area contributed by atoms with Crippen LogP contribution in [0.25, 0.3) is 31.3 Å². The zero-order valence-electron chi connectivity index (χ0n) is 28.3. The second kappa shape index (κ2) is 11.1. The van der Waals surface area contributed by atoms with Gasteiger partial charge in [-0.25, -0.2) is 0 Å². The Labute approximate surface area is 289 Å². The topological polar surface area (TPSA) is 3.24 Å². The summed E-state index contributed by atoms with van der Waals surface area (Å²) in [5.74, 6) is 3.34. The number of rotatable bonds is 5. The first-order valence-corrected chi connectivity index (χ1v) is 19.4. The zero-order valence-corrected chi connectivity index (χ0v) is 29.2. The highest BCUT2D eigenvalue weighted by atomic mass is 32.1. The third-order valence-electron chi connectivity index (χ3n) is 13.0. The standard InChI is InChI=1S/C46H45NS/c1-46(2)42-26-36(22-23-37(42)40-28-45-41(27-43(40)46)38-10-6-7-11-44(38)48-45)47(34-18-14-31(15-19-34)30-8-4-3-5-9-30)35-20-16-32(17-21-35)39-25-29-12-13-33(39)24-29/h6-7,10-11,14-23,26-30,33,39H,3-5,8-9,12-13,24-25H2,1-2H3. The molecule has 0 spiro atoms. The van der Waals surface area contributed by atoms with E-state index in [0.29, 0.717) is 5.92 Å². The van der Waals surface area contributed by atoms with Gasteiger partial charge in [0.05, 0.1) is 0 Å². The molecule has 6 aromatic rings. The van der Waals surface area contributed by atoms with E-state index in [9.17, 15) is 0 Å². The lowest BCUT2D eigenvalue weighted by Gasteiger charge is -2.29. The van der Waals surface area contributed by atoms with E-state index in [4.69, 9.17) is 0 Å². The molecule has 1 nitrogen and oxygen atoms in total. The van der Waals surface area contributed by atoms with Crippen LogP contribution in [0, 0.1) is 11.8 Å². The van der Waals surface area contributed by atoms with E-state index in [1.165, 1.54) is 123 Å². The SMILES string of the molecule is CC1(C)c2cc(N(c3ccc(C4CCCCC4)cc3)c3ccc(C4CC5CCC4C5)cc3)ccc2-c2cc3sc4ccccc4c3cc21. The monoisotopic (exact) mass is 643 g/mol. The minimum atomic E-state index is -0.0833. The fourth-order valence-electron chi connectivity index (χ4n) is 10.4. The summed E-state index contributed by atoms with van der Waals surface area (Å²) in [5, 5.41) is 2.77. The quantitative estimate of drug-likeness (QED) is 0.181. The molecule has 3 saturated carbocycles. The van der Waals surface area contributed by atoms with E-state index in [-0.39, 0.29) is 5.41 Å². The van der Waals surface area contributed by atoms with Crippen molar-refractivity contribution in [2.45, 2.75) is 88.9 Å². The van der Waals surface area contributed by atoms with Crippen molar-refractivity contribution in [3.63, 3.8) is 0 Å². The van der Waals surface area contributed by atoms with Crippen LogP contribution in [0.15, 0.2) is 103 Å². The number of fused-ring (bicyclic) bond motifs is 8. The number of hydrogen-bond donors (Lipinski definition) is 0. The second-order valence-corrected chi connectivity index (χ2v) is 17.1. The van der Waals surface area contributed by atoms with Gasteiger partial charge in [0.15, 0.2) is 0 Å². The Hall–Kier alpha value is -3.88. The maximum atomic E-state index is 2.51. The van der Waals surface area contributed by atoms with Crippen molar-refractivity contribution >= 4 is 48.6 Å². The van der Waals surface area contributed by atoms with E-state index in [0.717, 1.165) is 17.8 Å². The molecular formula is C46H45NS. The minimum absolute atomic E-state index is 0.0833. The van der Waals surface area contributed by atoms with Crippen LogP contribution in [-0.2, 0) is 5.41 Å². The number of anilines is 3. The average molecular weight is 644 g/mol. The van der Waals surface area contributed by atoms with Crippen LogP contribution in [-0.4, -0.2) is 0 Å². The molecule has 0 aliphatic heterocycles. The molecule has 48 heavy (non-hydrogen) atoms. The maximum absolute atomic E-state index is 2.51. The highest BCUT2D eigenvalue weighted by molar-refractivity contribution is 7.25. The molecule has 0 saturated heterocycles. The van der Waals surface area contributed by atoms with Crippen LogP contribution in [0.5, 0.6) is 0 Å². The molecule has 4 aliphatic carbocycles. The van der Waals surface area contributed by atoms with Crippen molar-refractivity contribution in [1.82, 2.24) is 0 Å². The second-order valence-electron chi connectivity index (χ2n) is 16.0. The van der Waals surface area contributed by atoms with Crippen LogP contribution >= 0.6 is 11.3 Å². The largest absolute Gasteiger partial charge is 0.310 e.